The van der Waals surface area contributed by atoms with Crippen molar-refractivity contribution in [3.8, 4) is 0 Å². The number of thioether (sulfide) groups is 1. The first-order valence-corrected chi connectivity index (χ1v) is 26.1. The quantitative estimate of drug-likeness (QED) is 0.0671. The van der Waals surface area contributed by atoms with E-state index in [1.165, 1.54) is 11.8 Å². The number of amides is 10. The highest BCUT2D eigenvalue weighted by molar-refractivity contribution is 7.99. The van der Waals surface area contributed by atoms with Crippen molar-refractivity contribution < 1.29 is 58.2 Å². The molecule has 0 spiro atoms. The minimum Gasteiger partial charge on any atom is -0.394 e. The summed E-state index contributed by atoms with van der Waals surface area (Å²) in [4.78, 5) is 141. The van der Waals surface area contributed by atoms with Crippen molar-refractivity contribution in [1.82, 2.24) is 57.7 Å². The van der Waals surface area contributed by atoms with Crippen molar-refractivity contribution in [2.75, 3.05) is 50.9 Å². The molecule has 2 aliphatic rings. The van der Waals surface area contributed by atoms with Gasteiger partial charge in [-0.15, -0.1) is 11.8 Å². The number of hydrogen-bond acceptors (Lipinski definition) is 14. The van der Waals surface area contributed by atoms with E-state index >= 15 is 0 Å². The number of nitrogens with zero attached hydrogens (tertiary/aromatic N) is 1. The van der Waals surface area contributed by atoms with Gasteiger partial charge in [-0.3, -0.25) is 47.9 Å². The van der Waals surface area contributed by atoms with E-state index in [-0.39, 0.29) is 44.0 Å². The number of rotatable bonds is 17. The Balaban J connectivity index is 1.48. The van der Waals surface area contributed by atoms with Gasteiger partial charge in [-0.2, -0.15) is 0 Å². The highest BCUT2D eigenvalue weighted by Gasteiger charge is 2.41. The molecule has 2 aromatic carbocycles. The third kappa shape index (κ3) is 17.5. The fourth-order valence-electron chi connectivity index (χ4n) is 8.38. The highest BCUT2D eigenvalue weighted by Crippen LogP contribution is 2.31. The van der Waals surface area contributed by atoms with Gasteiger partial charge in [-0.1, -0.05) is 57.0 Å². The molecule has 2 aliphatic heterocycles. The molecule has 408 valence electrons. The number of aliphatic hydroxyl groups is 2. The Morgan fingerprint density at radius 3 is 2.11 bits per heavy atom. The Labute approximate surface area is 438 Å². The van der Waals surface area contributed by atoms with E-state index in [1.807, 2.05) is 31.2 Å². The summed E-state index contributed by atoms with van der Waals surface area (Å²) in [5.41, 5.74) is 2.98. The van der Waals surface area contributed by atoms with Crippen LogP contribution >= 0.6 is 11.8 Å². The number of aryl methyl sites for hydroxylation is 1. The maximum absolute atomic E-state index is 14.8. The van der Waals surface area contributed by atoms with Crippen molar-refractivity contribution in [3.63, 3.8) is 0 Å². The molecule has 0 bridgehead atoms. The molecule has 1 aromatic heterocycles. The summed E-state index contributed by atoms with van der Waals surface area (Å²) in [6.07, 6.45) is -0.215. The Kier molecular flexibility index (Phi) is 22.8. The lowest BCUT2D eigenvalue weighted by atomic mass is 10.1. The van der Waals surface area contributed by atoms with E-state index in [4.69, 9.17) is 0 Å². The van der Waals surface area contributed by atoms with E-state index < -0.39 is 135 Å². The number of anilines is 1. The lowest BCUT2D eigenvalue weighted by Gasteiger charge is -2.30. The van der Waals surface area contributed by atoms with Crippen LogP contribution in [0.2, 0.25) is 0 Å². The number of nitrogens with one attached hydrogen (secondary N) is 11. The first-order valence-electron chi connectivity index (χ1n) is 25.1. The molecule has 2 fully saturated rings. The molecule has 3 aromatic rings. The molecule has 0 saturated carbocycles. The third-order valence-corrected chi connectivity index (χ3v) is 13.7. The molecule has 5 unspecified atom stereocenters. The van der Waals surface area contributed by atoms with E-state index in [9.17, 15) is 58.2 Å². The van der Waals surface area contributed by atoms with Gasteiger partial charge in [0.25, 0.3) is 0 Å². The summed E-state index contributed by atoms with van der Waals surface area (Å²) >= 11 is 1.23. The summed E-state index contributed by atoms with van der Waals surface area (Å²) in [6, 6.07) is 6.92. The van der Waals surface area contributed by atoms with Crippen molar-refractivity contribution in [2.24, 2.45) is 0 Å². The zero-order valence-electron chi connectivity index (χ0n) is 42.6. The number of benzene rings is 2. The van der Waals surface area contributed by atoms with Crippen LogP contribution in [-0.2, 0) is 60.9 Å². The number of H-pyrrole nitrogens is 1. The van der Waals surface area contributed by atoms with Crippen LogP contribution in [0, 0.1) is 0 Å². The molecule has 75 heavy (non-hydrogen) atoms. The fourth-order valence-corrected chi connectivity index (χ4v) is 9.52. The average Bonchev–Trinajstić information content (AvgIpc) is 4.04. The second-order valence-electron chi connectivity index (χ2n) is 18.3. The van der Waals surface area contributed by atoms with Crippen LogP contribution in [0.4, 0.5) is 5.69 Å². The maximum atomic E-state index is 14.8. The number of likely N-dealkylation sites (N-methyl/N-ethyl adjacent to an activating group) is 1. The van der Waals surface area contributed by atoms with Gasteiger partial charge in [0.15, 0.2) is 0 Å². The first-order chi connectivity index (χ1) is 35.9. The molecule has 13 N–H and O–H groups in total. The minimum absolute atomic E-state index is 0.0138. The monoisotopic (exact) mass is 1060 g/mol. The number of para-hydroxylation sites is 1. The normalized spacial score (nSPS) is 21.7. The number of aliphatic hydroxyl groups excluding tert-OH is 2. The van der Waals surface area contributed by atoms with E-state index in [2.05, 4.69) is 58.2 Å². The summed E-state index contributed by atoms with van der Waals surface area (Å²) < 4.78 is 0. The predicted octanol–water partition coefficient (Wildman–Crippen LogP) is -1.70. The summed E-state index contributed by atoms with van der Waals surface area (Å²) in [6.45, 7) is 2.75. The van der Waals surface area contributed by atoms with Gasteiger partial charge in [0, 0.05) is 41.9 Å². The van der Waals surface area contributed by atoms with Crippen molar-refractivity contribution in [3.05, 3.63) is 59.7 Å². The van der Waals surface area contributed by atoms with Gasteiger partial charge in [-0.25, -0.2) is 0 Å². The molecule has 0 aliphatic carbocycles. The number of aromatic nitrogens is 1. The summed E-state index contributed by atoms with van der Waals surface area (Å²) in [5.74, 6) is -7.68. The number of fused-ring (bicyclic) bond motifs is 2. The summed E-state index contributed by atoms with van der Waals surface area (Å²) in [5, 5.41) is 47.6. The Morgan fingerprint density at radius 1 is 0.773 bits per heavy atom. The number of carbonyl (C=O) groups excluding carboxylic acids is 10. The van der Waals surface area contributed by atoms with Crippen LogP contribution in [0.15, 0.2) is 53.6 Å². The van der Waals surface area contributed by atoms with Crippen LogP contribution in [0.5, 0.6) is 0 Å². The molecule has 25 heteroatoms. The molecule has 0 radical (unpaired) electrons. The Morgan fingerprint density at radius 2 is 1.43 bits per heavy atom. The largest absolute Gasteiger partial charge is 0.394 e. The lowest BCUT2D eigenvalue weighted by Crippen LogP contribution is -2.59. The topological polar surface area (TPSA) is 350 Å². The molecule has 10 amide bonds. The first kappa shape index (κ1) is 58.8. The smallest absolute Gasteiger partial charge is 0.246 e. The zero-order valence-corrected chi connectivity index (χ0v) is 43.4. The molecule has 2 saturated heterocycles. The second-order valence-corrected chi connectivity index (χ2v) is 19.4. The SMILES string of the molecule is CCCc1c(SC[C@@H]2NC(=O)CNC(=O)C(CCC)NC(=O)CNC(=O)CNC(=O)[C@H](CC(O)CO)NC(=O)C3CCCN3C(=O)C(CC(=O)NCc3ccc(NC(=O)C(C)NC)cc3)NC2=O)[nH]c2ccccc12. The third-order valence-electron chi connectivity index (χ3n) is 12.6. The second kappa shape index (κ2) is 29.1. The van der Waals surface area contributed by atoms with Crippen molar-refractivity contribution >= 4 is 87.4 Å². The van der Waals surface area contributed by atoms with Crippen molar-refractivity contribution in [1.29, 1.82) is 0 Å². The van der Waals surface area contributed by atoms with Crippen LogP contribution < -0.4 is 53.2 Å². The average molecular weight is 1060 g/mol. The number of aromatic amines is 1. The molecule has 24 nitrogen and oxygen atoms in total. The minimum atomic E-state index is -1.64. The van der Waals surface area contributed by atoms with Gasteiger partial charge in [0.1, 0.15) is 30.2 Å². The fraction of sp³-hybridized carbons (Fsp3) is 0.520. The van der Waals surface area contributed by atoms with E-state index in [0.717, 1.165) is 32.8 Å². The number of carbonyl (C=O) groups is 10. The van der Waals surface area contributed by atoms with Gasteiger partial charge < -0.3 is 73.3 Å². The van der Waals surface area contributed by atoms with Crippen LogP contribution in [0.3, 0.4) is 0 Å². The van der Waals surface area contributed by atoms with Gasteiger partial charge in [0.05, 0.1) is 49.8 Å². The lowest BCUT2D eigenvalue weighted by molar-refractivity contribution is -0.143. The van der Waals surface area contributed by atoms with Gasteiger partial charge in [-0.05, 0) is 69.0 Å². The standard InChI is InChI=1S/C50H70N12O12S/c1-5-10-33-32-12-7-8-13-34(32)61-49(33)75-27-38-47(72)60-37(21-40(65)52-22-29-15-17-30(18-16-29)56-44(69)28(3)51-4)50(74)62-19-9-14-39(62)48(73)59-36(20-31(64)26-63)46(71)54-23-41(66)53-24-42(67)57-35(11-6-2)45(70)55-25-43(68)58-38/h7-8,12-13,15-18,28,31,35-39,51,61,63-64H,5-6,9-11,14,19-27H2,1-4H3,(H,52,65)(H,53,66)(H,54,71)(H,55,70)(H,56,69)(H,57,67)(H,58,68)(H,59,73)(H,60,72)/t28?,31?,35?,36-,37?,38-,39?/m0/s1. The Hall–Kier alpha value is -7.09. The molecular formula is C50H70N12O12S. The van der Waals surface area contributed by atoms with Crippen molar-refractivity contribution in [2.45, 2.75) is 126 Å². The maximum Gasteiger partial charge on any atom is 0.246 e. The molecular weight excluding hydrogens is 993 g/mol. The number of hydrogen-bond donors (Lipinski definition) is 13. The molecule has 5 rings (SSSR count). The highest BCUT2D eigenvalue weighted by atomic mass is 32.2. The van der Waals surface area contributed by atoms with Gasteiger partial charge >= 0.3 is 0 Å². The van der Waals surface area contributed by atoms with Crippen LogP contribution in [-0.4, -0.2) is 167 Å². The van der Waals surface area contributed by atoms with Crippen LogP contribution in [0.25, 0.3) is 10.9 Å². The Bertz CT molecular complexity index is 2530. The van der Waals surface area contributed by atoms with E-state index in [1.54, 1.807) is 45.2 Å². The summed E-state index contributed by atoms with van der Waals surface area (Å²) in [7, 11) is 1.65. The molecule has 7 atom stereocenters. The van der Waals surface area contributed by atoms with Gasteiger partial charge in [0.2, 0.25) is 59.1 Å². The van der Waals surface area contributed by atoms with Crippen LogP contribution in [0.1, 0.15) is 76.8 Å². The van der Waals surface area contributed by atoms with E-state index in [0.29, 0.717) is 24.1 Å². The molecule has 3 heterocycles. The predicted molar refractivity (Wildman–Crippen MR) is 277 cm³/mol. The zero-order chi connectivity index (χ0) is 54.6.